The van der Waals surface area contributed by atoms with Crippen molar-refractivity contribution in [1.29, 1.82) is 0 Å². The second-order valence-corrected chi connectivity index (χ2v) is 5.31. The number of carbonyl (C=O) groups is 1. The Labute approximate surface area is 114 Å². The van der Waals surface area contributed by atoms with E-state index in [9.17, 15) is 9.90 Å². The van der Waals surface area contributed by atoms with Gasteiger partial charge in [0.05, 0.1) is 0 Å². The number of amides is 2. The number of hydrogen-bond acceptors (Lipinski definition) is 2. The van der Waals surface area contributed by atoms with Crippen LogP contribution in [0.2, 0.25) is 0 Å². The van der Waals surface area contributed by atoms with E-state index in [-0.39, 0.29) is 11.8 Å². The molecule has 0 heterocycles. The van der Waals surface area contributed by atoms with Crippen LogP contribution in [0.25, 0.3) is 0 Å². The van der Waals surface area contributed by atoms with Crippen molar-refractivity contribution in [3.63, 3.8) is 0 Å². The third-order valence-electron chi connectivity index (χ3n) is 3.64. The molecule has 0 aromatic heterocycles. The van der Waals surface area contributed by atoms with Crippen LogP contribution in [0.1, 0.15) is 37.7 Å². The first-order valence-corrected chi connectivity index (χ1v) is 6.94. The summed E-state index contributed by atoms with van der Waals surface area (Å²) >= 11 is 0. The van der Waals surface area contributed by atoms with E-state index in [1.165, 1.54) is 19.3 Å². The fourth-order valence-corrected chi connectivity index (χ4v) is 2.48. The Morgan fingerprint density at radius 3 is 2.53 bits per heavy atom. The Bertz CT molecular complexity index is 411. The molecule has 19 heavy (non-hydrogen) atoms. The lowest BCUT2D eigenvalue weighted by molar-refractivity contribution is 0.198. The molecule has 0 radical (unpaired) electrons. The van der Waals surface area contributed by atoms with Gasteiger partial charge in [0.25, 0.3) is 0 Å². The molecular weight excluding hydrogens is 240 g/mol. The number of phenolic OH excluding ortho intramolecular Hbond substituents is 1. The van der Waals surface area contributed by atoms with Crippen molar-refractivity contribution in [3.05, 3.63) is 29.8 Å². The number of benzene rings is 1. The number of nitrogens with zero attached hydrogens (tertiary/aromatic N) is 1. The van der Waals surface area contributed by atoms with E-state index in [0.29, 0.717) is 12.6 Å². The minimum absolute atomic E-state index is 0.0139. The molecule has 0 unspecified atom stereocenters. The van der Waals surface area contributed by atoms with Gasteiger partial charge in [-0.3, -0.25) is 0 Å². The van der Waals surface area contributed by atoms with Crippen molar-refractivity contribution in [2.24, 2.45) is 0 Å². The first kappa shape index (κ1) is 13.7. The molecule has 0 spiro atoms. The Morgan fingerprint density at radius 1 is 1.26 bits per heavy atom. The van der Waals surface area contributed by atoms with E-state index in [1.54, 1.807) is 24.1 Å². The maximum absolute atomic E-state index is 12.0. The monoisotopic (exact) mass is 262 g/mol. The summed E-state index contributed by atoms with van der Waals surface area (Å²) in [5.74, 6) is 0.248. The highest BCUT2D eigenvalue weighted by Crippen LogP contribution is 2.17. The SMILES string of the molecule is CN(Cc1ccc(O)cc1)C(=O)NC1CCCCC1. The fraction of sp³-hybridized carbons (Fsp3) is 0.533. The second kappa shape index (κ2) is 6.45. The fourth-order valence-electron chi connectivity index (χ4n) is 2.48. The second-order valence-electron chi connectivity index (χ2n) is 5.31. The van der Waals surface area contributed by atoms with Crippen molar-refractivity contribution < 1.29 is 9.90 Å². The van der Waals surface area contributed by atoms with E-state index in [4.69, 9.17) is 0 Å². The standard InChI is InChI=1S/C15H22N2O2/c1-17(11-12-7-9-14(18)10-8-12)15(19)16-13-5-3-2-4-6-13/h7-10,13,18H,2-6,11H2,1H3,(H,16,19). The molecule has 104 valence electrons. The average molecular weight is 262 g/mol. The highest BCUT2D eigenvalue weighted by Gasteiger charge is 2.17. The van der Waals surface area contributed by atoms with Gasteiger partial charge in [0.2, 0.25) is 0 Å². The summed E-state index contributed by atoms with van der Waals surface area (Å²) in [5.41, 5.74) is 1.01. The number of rotatable bonds is 3. The van der Waals surface area contributed by atoms with Gasteiger partial charge in [-0.2, -0.15) is 0 Å². The zero-order chi connectivity index (χ0) is 13.7. The molecule has 1 aromatic carbocycles. The lowest BCUT2D eigenvalue weighted by atomic mass is 9.96. The summed E-state index contributed by atoms with van der Waals surface area (Å²) < 4.78 is 0. The minimum atomic E-state index is -0.0139. The molecular formula is C15H22N2O2. The topological polar surface area (TPSA) is 52.6 Å². The Morgan fingerprint density at radius 2 is 1.89 bits per heavy atom. The van der Waals surface area contributed by atoms with Gasteiger partial charge in [-0.25, -0.2) is 4.79 Å². The van der Waals surface area contributed by atoms with E-state index in [1.807, 2.05) is 12.1 Å². The average Bonchev–Trinajstić information content (AvgIpc) is 2.42. The maximum atomic E-state index is 12.0. The molecule has 1 aliphatic carbocycles. The van der Waals surface area contributed by atoms with Gasteiger partial charge in [0, 0.05) is 19.6 Å². The molecule has 2 N–H and O–H groups in total. The summed E-state index contributed by atoms with van der Waals surface area (Å²) in [6.07, 6.45) is 5.91. The largest absolute Gasteiger partial charge is 0.508 e. The zero-order valence-corrected chi connectivity index (χ0v) is 11.4. The van der Waals surface area contributed by atoms with Gasteiger partial charge in [-0.1, -0.05) is 31.4 Å². The minimum Gasteiger partial charge on any atom is -0.508 e. The van der Waals surface area contributed by atoms with Crippen LogP contribution < -0.4 is 5.32 Å². The lowest BCUT2D eigenvalue weighted by Gasteiger charge is -2.26. The Hall–Kier alpha value is -1.71. The van der Waals surface area contributed by atoms with Crippen LogP contribution in [0.3, 0.4) is 0 Å². The summed E-state index contributed by atoms with van der Waals surface area (Å²) in [4.78, 5) is 13.7. The first-order valence-electron chi connectivity index (χ1n) is 6.94. The van der Waals surface area contributed by atoms with Crippen molar-refractivity contribution in [2.75, 3.05) is 7.05 Å². The molecule has 0 aliphatic heterocycles. The van der Waals surface area contributed by atoms with Gasteiger partial charge in [0.1, 0.15) is 5.75 Å². The van der Waals surface area contributed by atoms with E-state index in [2.05, 4.69) is 5.32 Å². The highest BCUT2D eigenvalue weighted by atomic mass is 16.3. The highest BCUT2D eigenvalue weighted by molar-refractivity contribution is 5.74. The molecule has 1 saturated carbocycles. The van der Waals surface area contributed by atoms with Crippen LogP contribution in [0.5, 0.6) is 5.75 Å². The molecule has 1 aliphatic rings. The summed E-state index contributed by atoms with van der Waals surface area (Å²) in [7, 11) is 1.80. The third kappa shape index (κ3) is 4.16. The van der Waals surface area contributed by atoms with E-state index in [0.717, 1.165) is 18.4 Å². The lowest BCUT2D eigenvalue weighted by Crippen LogP contribution is -2.43. The van der Waals surface area contributed by atoms with Crippen molar-refractivity contribution in [3.8, 4) is 5.75 Å². The normalized spacial score (nSPS) is 16.1. The van der Waals surface area contributed by atoms with E-state index < -0.39 is 0 Å². The van der Waals surface area contributed by atoms with Crippen LogP contribution in [-0.4, -0.2) is 29.1 Å². The van der Waals surface area contributed by atoms with Crippen molar-refractivity contribution in [2.45, 2.75) is 44.7 Å². The van der Waals surface area contributed by atoms with Crippen molar-refractivity contribution >= 4 is 6.03 Å². The van der Waals surface area contributed by atoms with Gasteiger partial charge in [-0.15, -0.1) is 0 Å². The molecule has 1 fully saturated rings. The number of urea groups is 1. The predicted molar refractivity (Wildman–Crippen MR) is 75.0 cm³/mol. The number of hydrogen-bond donors (Lipinski definition) is 2. The van der Waals surface area contributed by atoms with Gasteiger partial charge in [0.15, 0.2) is 0 Å². The molecule has 0 saturated heterocycles. The number of nitrogens with one attached hydrogen (secondary N) is 1. The molecule has 0 atom stereocenters. The van der Waals surface area contributed by atoms with E-state index >= 15 is 0 Å². The van der Waals surface area contributed by atoms with Crippen LogP contribution in [0.4, 0.5) is 4.79 Å². The smallest absolute Gasteiger partial charge is 0.317 e. The van der Waals surface area contributed by atoms with Gasteiger partial charge < -0.3 is 15.3 Å². The summed E-state index contributed by atoms with van der Waals surface area (Å²) in [5, 5.41) is 12.3. The third-order valence-corrected chi connectivity index (χ3v) is 3.64. The molecule has 2 rings (SSSR count). The Kier molecular flexibility index (Phi) is 4.66. The van der Waals surface area contributed by atoms with Gasteiger partial charge in [-0.05, 0) is 30.5 Å². The first-order chi connectivity index (χ1) is 9.15. The summed E-state index contributed by atoms with van der Waals surface area (Å²) in [6.45, 7) is 0.554. The molecule has 2 amide bonds. The number of aromatic hydroxyl groups is 1. The van der Waals surface area contributed by atoms with Gasteiger partial charge >= 0.3 is 6.03 Å². The van der Waals surface area contributed by atoms with Crippen molar-refractivity contribution in [1.82, 2.24) is 10.2 Å². The molecule has 1 aromatic rings. The number of phenols is 1. The van der Waals surface area contributed by atoms with Crippen LogP contribution in [0, 0.1) is 0 Å². The predicted octanol–water partition coefficient (Wildman–Crippen LogP) is 2.87. The quantitative estimate of drug-likeness (QED) is 0.880. The van der Waals surface area contributed by atoms with Crippen LogP contribution in [0.15, 0.2) is 24.3 Å². The molecule has 4 nitrogen and oxygen atoms in total. The van der Waals surface area contributed by atoms with Crippen LogP contribution in [-0.2, 0) is 6.54 Å². The number of carbonyl (C=O) groups excluding carboxylic acids is 1. The van der Waals surface area contributed by atoms with Crippen LogP contribution >= 0.6 is 0 Å². The summed E-state index contributed by atoms with van der Waals surface area (Å²) in [6, 6.07) is 7.27. The molecule has 0 bridgehead atoms. The maximum Gasteiger partial charge on any atom is 0.317 e. The zero-order valence-electron chi connectivity index (χ0n) is 11.4. The Balaban J connectivity index is 1.83. The molecule has 4 heteroatoms.